The molecule has 0 saturated heterocycles. The van der Waals surface area contributed by atoms with E-state index in [4.69, 9.17) is 9.05 Å². The van der Waals surface area contributed by atoms with Crippen molar-refractivity contribution in [2.45, 2.75) is 212 Å². The molecule has 0 aliphatic carbocycles. The van der Waals surface area contributed by atoms with Crippen LogP contribution in [-0.4, -0.2) is 73.4 Å². The van der Waals surface area contributed by atoms with Gasteiger partial charge in [0.25, 0.3) is 0 Å². The number of aliphatic hydroxyl groups excluding tert-OH is 1. The molecule has 0 radical (unpaired) electrons. The fourth-order valence-corrected chi connectivity index (χ4v) is 7.44. The summed E-state index contributed by atoms with van der Waals surface area (Å²) in [5.74, 6) is -0.258. The average molecular weight is 850 g/mol. The fourth-order valence-electron chi connectivity index (χ4n) is 6.70. The van der Waals surface area contributed by atoms with Crippen LogP contribution in [-0.2, 0) is 18.4 Å². The Bertz CT molecular complexity index is 1140. The van der Waals surface area contributed by atoms with Crippen LogP contribution in [0.3, 0.4) is 0 Å². The molecule has 9 heteroatoms. The minimum absolute atomic E-state index is 0.0468. The van der Waals surface area contributed by atoms with Gasteiger partial charge >= 0.3 is 7.82 Å². The molecule has 0 saturated carbocycles. The van der Waals surface area contributed by atoms with E-state index in [-0.39, 0.29) is 25.5 Å². The normalized spacial score (nSPS) is 14.8. The summed E-state index contributed by atoms with van der Waals surface area (Å²) in [6.07, 6.45) is 54.7. The third kappa shape index (κ3) is 44.1. The van der Waals surface area contributed by atoms with Gasteiger partial charge in [0.1, 0.15) is 13.2 Å². The van der Waals surface area contributed by atoms with E-state index >= 15 is 0 Å². The zero-order valence-electron chi connectivity index (χ0n) is 39.0. The molecule has 0 fully saturated rings. The Balaban J connectivity index is 4.34. The first-order chi connectivity index (χ1) is 28.5. The van der Waals surface area contributed by atoms with Crippen molar-refractivity contribution in [3.8, 4) is 0 Å². The molecule has 59 heavy (non-hydrogen) atoms. The molecule has 0 bridgehead atoms. The Kier molecular flexibility index (Phi) is 40.3. The highest BCUT2D eigenvalue weighted by Crippen LogP contribution is 2.43. The molecule has 1 amide bonds. The Morgan fingerprint density at radius 1 is 0.593 bits per heavy atom. The van der Waals surface area contributed by atoms with Gasteiger partial charge in [-0.2, -0.15) is 0 Å². The number of nitrogens with zero attached hydrogens (tertiary/aromatic N) is 1. The highest BCUT2D eigenvalue weighted by molar-refractivity contribution is 7.47. The number of carbonyl (C=O) groups is 1. The third-order valence-electron chi connectivity index (χ3n) is 10.5. The molecule has 344 valence electrons. The summed E-state index contributed by atoms with van der Waals surface area (Å²) in [7, 11) is 1.52. The number of carbonyl (C=O) groups excluding carboxylic acids is 1. The molecule has 3 N–H and O–H groups in total. The summed E-state index contributed by atoms with van der Waals surface area (Å²) >= 11 is 0. The predicted molar refractivity (Wildman–Crippen MR) is 254 cm³/mol. The number of nitrogens with one attached hydrogen (secondary N) is 1. The molecular weight excluding hydrogens is 756 g/mol. The van der Waals surface area contributed by atoms with Crippen LogP contribution in [0.1, 0.15) is 200 Å². The number of phosphoric acid groups is 1. The first-order valence-corrected chi connectivity index (χ1v) is 25.7. The summed E-state index contributed by atoms with van der Waals surface area (Å²) in [6, 6.07) is -0.886. The van der Waals surface area contributed by atoms with Crippen LogP contribution in [0.5, 0.6) is 0 Å². The van der Waals surface area contributed by atoms with E-state index in [2.05, 4.69) is 55.6 Å². The van der Waals surface area contributed by atoms with Crippen LogP contribution >= 0.6 is 7.82 Å². The van der Waals surface area contributed by atoms with Crippen LogP contribution in [0.25, 0.3) is 0 Å². The number of allylic oxidation sites excluding steroid dienone is 9. The van der Waals surface area contributed by atoms with E-state index in [1.54, 1.807) is 6.08 Å². The number of aliphatic hydroxyl groups is 1. The maximum atomic E-state index is 12.8. The van der Waals surface area contributed by atoms with Gasteiger partial charge < -0.3 is 19.8 Å². The van der Waals surface area contributed by atoms with Crippen LogP contribution < -0.4 is 5.32 Å². The molecule has 0 aromatic rings. The van der Waals surface area contributed by atoms with Crippen LogP contribution in [0.2, 0.25) is 0 Å². The average Bonchev–Trinajstić information content (AvgIpc) is 3.19. The summed E-state index contributed by atoms with van der Waals surface area (Å²) in [6.45, 7) is 4.64. The van der Waals surface area contributed by atoms with Crippen LogP contribution in [0, 0.1) is 0 Å². The van der Waals surface area contributed by atoms with E-state index in [0.717, 1.165) is 44.9 Å². The summed E-state index contributed by atoms with van der Waals surface area (Å²) in [5.41, 5.74) is 0. The summed E-state index contributed by atoms with van der Waals surface area (Å²) in [5, 5.41) is 13.8. The minimum Gasteiger partial charge on any atom is -0.387 e. The molecule has 0 spiro atoms. The second-order valence-electron chi connectivity index (χ2n) is 17.5. The van der Waals surface area contributed by atoms with Crippen molar-refractivity contribution >= 4 is 13.7 Å². The van der Waals surface area contributed by atoms with Gasteiger partial charge in [-0.1, -0.05) is 209 Å². The lowest BCUT2D eigenvalue weighted by molar-refractivity contribution is -0.870. The van der Waals surface area contributed by atoms with Crippen LogP contribution in [0.4, 0.5) is 0 Å². The highest BCUT2D eigenvalue weighted by atomic mass is 31.2. The number of rotatable bonds is 43. The van der Waals surface area contributed by atoms with Gasteiger partial charge in [0, 0.05) is 6.42 Å². The van der Waals surface area contributed by atoms with E-state index in [0.29, 0.717) is 17.4 Å². The van der Waals surface area contributed by atoms with Crippen LogP contribution in [0.15, 0.2) is 60.8 Å². The number of hydrogen-bond acceptors (Lipinski definition) is 5. The van der Waals surface area contributed by atoms with Gasteiger partial charge in [-0.3, -0.25) is 13.8 Å². The van der Waals surface area contributed by atoms with Crippen molar-refractivity contribution in [1.29, 1.82) is 0 Å². The number of quaternary nitrogens is 1. The van der Waals surface area contributed by atoms with Crippen molar-refractivity contribution in [2.75, 3.05) is 40.9 Å². The molecule has 0 rings (SSSR count). The second kappa shape index (κ2) is 41.5. The first kappa shape index (κ1) is 57.2. The van der Waals surface area contributed by atoms with Gasteiger partial charge in [0.05, 0.1) is 39.9 Å². The highest BCUT2D eigenvalue weighted by Gasteiger charge is 2.27. The maximum Gasteiger partial charge on any atom is 0.472 e. The molecular formula is C50H94N2O6P+. The Hall–Kier alpha value is -1.80. The van der Waals surface area contributed by atoms with Crippen molar-refractivity contribution in [3.63, 3.8) is 0 Å². The molecule has 0 aromatic heterocycles. The monoisotopic (exact) mass is 850 g/mol. The number of amides is 1. The molecule has 0 aromatic carbocycles. The van der Waals surface area contributed by atoms with Gasteiger partial charge in [0.2, 0.25) is 5.91 Å². The molecule has 0 aliphatic rings. The standard InChI is InChI=1S/C50H93N2O6P/c1-6-8-10-12-14-16-18-20-21-22-23-24-25-26-27-28-29-30-32-33-35-37-39-41-43-49(53)48(47-58-59(55,56)57-46-45-52(3,4)5)51-50(54)44-42-40-38-36-34-31-19-17-15-13-11-9-7-2/h9,11,15,17,31,34,38,40-41,43,48-49,53H,6-8,10,12-14,16,18-30,32-33,35-37,39,42,44-47H2,1-5H3,(H-,51,54,55,56)/p+1/b11-9-,17-15-,34-31-,40-38-,43-41+. The number of hydrogen-bond donors (Lipinski definition) is 3. The number of likely N-dealkylation sites (N-methyl/N-ethyl adjacent to an activating group) is 1. The quantitative estimate of drug-likeness (QED) is 0.0244. The van der Waals surface area contributed by atoms with Crippen molar-refractivity contribution in [2.24, 2.45) is 0 Å². The molecule has 3 atom stereocenters. The summed E-state index contributed by atoms with van der Waals surface area (Å²) in [4.78, 5) is 23.1. The van der Waals surface area contributed by atoms with Crippen molar-refractivity contribution in [1.82, 2.24) is 5.32 Å². The maximum absolute atomic E-state index is 12.8. The molecule has 8 nitrogen and oxygen atoms in total. The van der Waals surface area contributed by atoms with E-state index in [1.165, 1.54) is 128 Å². The molecule has 3 unspecified atom stereocenters. The van der Waals surface area contributed by atoms with Gasteiger partial charge in [0.15, 0.2) is 0 Å². The van der Waals surface area contributed by atoms with E-state index in [9.17, 15) is 19.4 Å². The predicted octanol–water partition coefficient (Wildman–Crippen LogP) is 13.8. The Morgan fingerprint density at radius 2 is 1.02 bits per heavy atom. The fraction of sp³-hybridized carbons (Fsp3) is 0.780. The smallest absolute Gasteiger partial charge is 0.387 e. The Morgan fingerprint density at radius 3 is 1.46 bits per heavy atom. The van der Waals surface area contributed by atoms with Crippen molar-refractivity contribution in [3.05, 3.63) is 60.8 Å². The van der Waals surface area contributed by atoms with E-state index < -0.39 is 20.0 Å². The largest absolute Gasteiger partial charge is 0.472 e. The molecule has 0 heterocycles. The van der Waals surface area contributed by atoms with Gasteiger partial charge in [-0.15, -0.1) is 0 Å². The zero-order valence-corrected chi connectivity index (χ0v) is 39.9. The minimum atomic E-state index is -4.36. The SMILES string of the molecule is CC/C=C\C/C=C\C/C=C\C/C=C\CCC(=O)NC(COP(=O)(O)OCC[N+](C)(C)C)C(O)/C=C/CCCCCCCCCCCCCCCCCCCCCCCC. The van der Waals surface area contributed by atoms with Crippen molar-refractivity contribution < 1.29 is 32.9 Å². The topological polar surface area (TPSA) is 105 Å². The zero-order chi connectivity index (χ0) is 43.6. The lowest BCUT2D eigenvalue weighted by Crippen LogP contribution is -2.45. The van der Waals surface area contributed by atoms with Gasteiger partial charge in [-0.25, -0.2) is 4.57 Å². The van der Waals surface area contributed by atoms with Gasteiger partial charge in [-0.05, 0) is 44.9 Å². The lowest BCUT2D eigenvalue weighted by Gasteiger charge is -2.25. The first-order valence-electron chi connectivity index (χ1n) is 24.2. The molecule has 0 aliphatic heterocycles. The lowest BCUT2D eigenvalue weighted by atomic mass is 10.0. The number of phosphoric ester groups is 1. The van der Waals surface area contributed by atoms with E-state index in [1.807, 2.05) is 39.4 Å². The summed E-state index contributed by atoms with van der Waals surface area (Å²) < 4.78 is 23.5. The second-order valence-corrected chi connectivity index (χ2v) is 18.9. The third-order valence-corrected chi connectivity index (χ3v) is 11.5. The Labute approximate surface area is 364 Å². The number of unbranched alkanes of at least 4 members (excludes halogenated alkanes) is 22.